The number of ether oxygens (including phenoxy) is 1. The number of amides is 2. The predicted octanol–water partition coefficient (Wildman–Crippen LogP) is 2.04. The quantitative estimate of drug-likeness (QED) is 0.874. The summed E-state index contributed by atoms with van der Waals surface area (Å²) in [5.41, 5.74) is 1.15. The molecule has 1 atom stereocenters. The number of rotatable bonds is 5. The van der Waals surface area contributed by atoms with Crippen LogP contribution in [-0.2, 0) is 9.59 Å². The molecule has 26 heavy (non-hydrogen) atoms. The zero-order valence-electron chi connectivity index (χ0n) is 15.7. The van der Waals surface area contributed by atoms with Gasteiger partial charge >= 0.3 is 0 Å². The second-order valence-corrected chi connectivity index (χ2v) is 7.23. The van der Waals surface area contributed by atoms with Crippen LogP contribution in [0.5, 0.6) is 5.75 Å². The molecule has 3 rings (SSSR count). The van der Waals surface area contributed by atoms with Crippen LogP contribution in [0.15, 0.2) is 24.3 Å². The van der Waals surface area contributed by atoms with E-state index in [1.165, 1.54) is 6.92 Å². The maximum absolute atomic E-state index is 13.0. The predicted molar refractivity (Wildman–Crippen MR) is 101 cm³/mol. The minimum absolute atomic E-state index is 0.0847. The van der Waals surface area contributed by atoms with Crippen LogP contribution < -0.4 is 15.0 Å². The number of nitrogens with zero attached hydrogens (tertiary/aromatic N) is 2. The van der Waals surface area contributed by atoms with E-state index in [9.17, 15) is 9.59 Å². The fourth-order valence-corrected chi connectivity index (χ4v) is 4.07. The summed E-state index contributed by atoms with van der Waals surface area (Å²) in [5, 5.41) is 2.92. The molecule has 2 aliphatic rings. The van der Waals surface area contributed by atoms with Crippen LogP contribution in [0.4, 0.5) is 5.69 Å². The van der Waals surface area contributed by atoms with Gasteiger partial charge in [-0.05, 0) is 43.0 Å². The molecular formula is C20H29N3O3. The minimum Gasteiger partial charge on any atom is -0.497 e. The van der Waals surface area contributed by atoms with E-state index in [4.69, 9.17) is 4.74 Å². The van der Waals surface area contributed by atoms with E-state index in [0.29, 0.717) is 13.1 Å². The molecule has 1 saturated carbocycles. The van der Waals surface area contributed by atoms with Crippen molar-refractivity contribution in [3.8, 4) is 5.75 Å². The van der Waals surface area contributed by atoms with Crippen LogP contribution in [0.3, 0.4) is 0 Å². The Kier molecular flexibility index (Phi) is 6.01. The number of hydrogen-bond acceptors (Lipinski definition) is 4. The van der Waals surface area contributed by atoms with Gasteiger partial charge in [0, 0.05) is 38.8 Å². The summed E-state index contributed by atoms with van der Waals surface area (Å²) in [6, 6.07) is 7.66. The summed E-state index contributed by atoms with van der Waals surface area (Å²) in [6.07, 6.45) is 4.36. The van der Waals surface area contributed by atoms with Gasteiger partial charge in [0.2, 0.25) is 11.8 Å². The zero-order chi connectivity index (χ0) is 18.5. The van der Waals surface area contributed by atoms with Gasteiger partial charge in [-0.25, -0.2) is 0 Å². The Morgan fingerprint density at radius 2 is 1.69 bits per heavy atom. The van der Waals surface area contributed by atoms with Crippen molar-refractivity contribution in [2.45, 2.75) is 38.6 Å². The number of carbonyl (C=O) groups excluding carboxylic acids is 2. The van der Waals surface area contributed by atoms with Gasteiger partial charge in [0.15, 0.2) is 0 Å². The van der Waals surface area contributed by atoms with E-state index in [1.807, 2.05) is 17.0 Å². The molecular weight excluding hydrogens is 330 g/mol. The topological polar surface area (TPSA) is 61.9 Å². The third-order valence-electron chi connectivity index (χ3n) is 5.52. The summed E-state index contributed by atoms with van der Waals surface area (Å²) in [4.78, 5) is 28.8. The van der Waals surface area contributed by atoms with E-state index < -0.39 is 0 Å². The molecule has 0 unspecified atom stereocenters. The molecule has 2 amide bonds. The van der Waals surface area contributed by atoms with Crippen molar-refractivity contribution in [1.29, 1.82) is 0 Å². The SMILES string of the molecule is COc1ccc(N2CCN(C(=O)[C@H](NC(C)=O)C3CCCC3)CC2)cc1. The Bertz CT molecular complexity index is 618. The van der Waals surface area contributed by atoms with E-state index in [2.05, 4.69) is 22.3 Å². The molecule has 0 radical (unpaired) electrons. The van der Waals surface area contributed by atoms with Crippen LogP contribution in [0, 0.1) is 5.92 Å². The summed E-state index contributed by atoms with van der Waals surface area (Å²) in [7, 11) is 1.66. The summed E-state index contributed by atoms with van der Waals surface area (Å²) in [6.45, 7) is 4.48. The van der Waals surface area contributed by atoms with E-state index in [0.717, 1.165) is 50.2 Å². The van der Waals surface area contributed by atoms with Crippen LogP contribution >= 0.6 is 0 Å². The molecule has 1 aromatic rings. The molecule has 142 valence electrons. The maximum atomic E-state index is 13.0. The Morgan fingerprint density at radius 1 is 1.08 bits per heavy atom. The molecule has 2 fully saturated rings. The van der Waals surface area contributed by atoms with Crippen LogP contribution in [0.25, 0.3) is 0 Å². The maximum Gasteiger partial charge on any atom is 0.245 e. The summed E-state index contributed by atoms with van der Waals surface area (Å²) >= 11 is 0. The van der Waals surface area contributed by atoms with Crippen molar-refractivity contribution in [2.75, 3.05) is 38.2 Å². The molecule has 1 aliphatic heterocycles. The largest absolute Gasteiger partial charge is 0.497 e. The summed E-state index contributed by atoms with van der Waals surface area (Å²) in [5.74, 6) is 1.09. The number of carbonyl (C=O) groups is 2. The van der Waals surface area contributed by atoms with Gasteiger partial charge in [0.25, 0.3) is 0 Å². The van der Waals surface area contributed by atoms with E-state index in [1.54, 1.807) is 7.11 Å². The van der Waals surface area contributed by atoms with Crippen molar-refractivity contribution in [1.82, 2.24) is 10.2 Å². The van der Waals surface area contributed by atoms with Gasteiger partial charge in [-0.15, -0.1) is 0 Å². The van der Waals surface area contributed by atoms with Crippen LogP contribution in [0.2, 0.25) is 0 Å². The lowest BCUT2D eigenvalue weighted by atomic mass is 9.96. The Labute approximate surface area is 155 Å². The fourth-order valence-electron chi connectivity index (χ4n) is 4.07. The first-order valence-electron chi connectivity index (χ1n) is 9.53. The number of nitrogens with one attached hydrogen (secondary N) is 1. The highest BCUT2D eigenvalue weighted by Crippen LogP contribution is 2.29. The van der Waals surface area contributed by atoms with Gasteiger partial charge < -0.3 is 19.9 Å². The van der Waals surface area contributed by atoms with Gasteiger partial charge in [-0.2, -0.15) is 0 Å². The van der Waals surface area contributed by atoms with Gasteiger partial charge in [-0.3, -0.25) is 9.59 Å². The minimum atomic E-state index is -0.359. The molecule has 1 aliphatic carbocycles. The Morgan fingerprint density at radius 3 is 2.23 bits per heavy atom. The normalized spacial score (nSPS) is 19.3. The molecule has 1 saturated heterocycles. The van der Waals surface area contributed by atoms with Crippen molar-refractivity contribution in [2.24, 2.45) is 5.92 Å². The molecule has 1 heterocycles. The highest BCUT2D eigenvalue weighted by molar-refractivity contribution is 5.87. The first kappa shape index (κ1) is 18.5. The van der Waals surface area contributed by atoms with Crippen molar-refractivity contribution < 1.29 is 14.3 Å². The van der Waals surface area contributed by atoms with Crippen LogP contribution in [-0.4, -0.2) is 56.0 Å². The second-order valence-electron chi connectivity index (χ2n) is 7.23. The monoisotopic (exact) mass is 359 g/mol. The Balaban J connectivity index is 1.59. The molecule has 1 N–H and O–H groups in total. The average Bonchev–Trinajstić information content (AvgIpc) is 3.20. The number of hydrogen-bond donors (Lipinski definition) is 1. The van der Waals surface area contributed by atoms with Crippen molar-refractivity contribution in [3.63, 3.8) is 0 Å². The number of methoxy groups -OCH3 is 1. The van der Waals surface area contributed by atoms with Gasteiger partial charge in [-0.1, -0.05) is 12.8 Å². The van der Waals surface area contributed by atoms with Crippen molar-refractivity contribution in [3.05, 3.63) is 24.3 Å². The lowest BCUT2D eigenvalue weighted by Gasteiger charge is -2.38. The molecule has 1 aromatic carbocycles. The second kappa shape index (κ2) is 8.43. The van der Waals surface area contributed by atoms with Gasteiger partial charge in [0.1, 0.15) is 11.8 Å². The first-order chi connectivity index (χ1) is 12.6. The van der Waals surface area contributed by atoms with Crippen LogP contribution in [0.1, 0.15) is 32.6 Å². The van der Waals surface area contributed by atoms with Gasteiger partial charge in [0.05, 0.1) is 7.11 Å². The number of anilines is 1. The third-order valence-corrected chi connectivity index (χ3v) is 5.52. The number of benzene rings is 1. The first-order valence-corrected chi connectivity index (χ1v) is 9.53. The molecule has 0 aromatic heterocycles. The molecule has 0 spiro atoms. The third kappa shape index (κ3) is 4.29. The highest BCUT2D eigenvalue weighted by atomic mass is 16.5. The lowest BCUT2D eigenvalue weighted by molar-refractivity contribution is -0.137. The summed E-state index contributed by atoms with van der Waals surface area (Å²) < 4.78 is 5.21. The molecule has 6 heteroatoms. The van der Waals surface area contributed by atoms with E-state index >= 15 is 0 Å². The standard InChI is InChI=1S/C20H29N3O3/c1-15(24)21-19(16-5-3-4-6-16)20(25)23-13-11-22(12-14-23)17-7-9-18(26-2)10-8-17/h7-10,16,19H,3-6,11-14H2,1-2H3,(H,21,24)/t19-/m1/s1. The number of piperazine rings is 1. The van der Waals surface area contributed by atoms with E-state index in [-0.39, 0.29) is 23.8 Å². The highest BCUT2D eigenvalue weighted by Gasteiger charge is 2.35. The molecule has 0 bridgehead atoms. The van der Waals surface area contributed by atoms with Crippen molar-refractivity contribution >= 4 is 17.5 Å². The Hall–Kier alpha value is -2.24. The average molecular weight is 359 g/mol. The zero-order valence-corrected chi connectivity index (χ0v) is 15.7. The lowest BCUT2D eigenvalue weighted by Crippen LogP contribution is -2.56. The smallest absolute Gasteiger partial charge is 0.245 e. The fraction of sp³-hybridized carbons (Fsp3) is 0.600. The molecule has 6 nitrogen and oxygen atoms in total.